The van der Waals surface area contributed by atoms with Crippen LogP contribution in [0.5, 0.6) is 0 Å². The molecule has 0 amide bonds. The van der Waals surface area contributed by atoms with Crippen molar-refractivity contribution in [3.63, 3.8) is 0 Å². The van der Waals surface area contributed by atoms with Crippen LogP contribution in [0.1, 0.15) is 32.1 Å². The van der Waals surface area contributed by atoms with Crippen molar-refractivity contribution >= 4 is 23.0 Å². The Hall–Kier alpha value is -0.960. The van der Waals surface area contributed by atoms with Gasteiger partial charge in [-0.25, -0.2) is 4.98 Å². The second-order valence-electron chi connectivity index (χ2n) is 4.42. The third-order valence-corrected chi connectivity index (χ3v) is 4.52. The number of aromatic nitrogens is 2. The largest absolute Gasteiger partial charge is 0.272 e. The van der Waals surface area contributed by atoms with E-state index >= 15 is 0 Å². The highest BCUT2D eigenvalue weighted by molar-refractivity contribution is 7.98. The minimum Gasteiger partial charge on any atom is -0.272 e. The first-order chi connectivity index (χ1) is 7.93. The first-order valence-electron chi connectivity index (χ1n) is 6.03. The quantitative estimate of drug-likeness (QED) is 0.782. The molecule has 1 aromatic carbocycles. The van der Waals surface area contributed by atoms with Gasteiger partial charge in [0, 0.05) is 5.25 Å². The third kappa shape index (κ3) is 1.96. The number of benzene rings is 1. The molecule has 0 saturated heterocycles. The smallest absolute Gasteiger partial charge is 0.106 e. The zero-order valence-corrected chi connectivity index (χ0v) is 10.1. The Morgan fingerprint density at radius 1 is 1.12 bits per heavy atom. The molecule has 1 saturated carbocycles. The van der Waals surface area contributed by atoms with Crippen LogP contribution in [0.25, 0.3) is 11.0 Å². The van der Waals surface area contributed by atoms with E-state index < -0.39 is 0 Å². The second-order valence-corrected chi connectivity index (χ2v) is 5.70. The van der Waals surface area contributed by atoms with Gasteiger partial charge in [-0.3, -0.25) is 3.97 Å². The van der Waals surface area contributed by atoms with E-state index in [1.807, 2.05) is 24.3 Å². The highest BCUT2D eigenvalue weighted by Gasteiger charge is 2.15. The van der Waals surface area contributed by atoms with Crippen molar-refractivity contribution < 1.29 is 0 Å². The molecule has 2 nitrogen and oxygen atoms in total. The molecule has 0 atom stereocenters. The Bertz CT molecular complexity index is 471. The van der Waals surface area contributed by atoms with E-state index in [1.165, 1.54) is 37.6 Å². The lowest BCUT2D eigenvalue weighted by molar-refractivity contribution is 0.515. The van der Waals surface area contributed by atoms with Crippen molar-refractivity contribution in [2.45, 2.75) is 37.4 Å². The highest BCUT2D eigenvalue weighted by Crippen LogP contribution is 2.31. The molecule has 2 aromatic rings. The maximum Gasteiger partial charge on any atom is 0.106 e. The van der Waals surface area contributed by atoms with Crippen LogP contribution in [-0.4, -0.2) is 14.2 Å². The van der Waals surface area contributed by atoms with E-state index in [0.29, 0.717) is 0 Å². The predicted octanol–water partition coefficient (Wildman–Crippen LogP) is 3.87. The number of nitrogens with zero attached hydrogens (tertiary/aromatic N) is 2. The standard InChI is InChI=1S/C13H16N2S/c1-2-6-11(7-3-1)16-15-10-14-12-8-4-5-9-13(12)15/h4-5,8-11H,1-3,6-7H2. The summed E-state index contributed by atoms with van der Waals surface area (Å²) in [5.41, 5.74) is 2.35. The van der Waals surface area contributed by atoms with Gasteiger partial charge in [0.2, 0.25) is 0 Å². The summed E-state index contributed by atoms with van der Waals surface area (Å²) in [5, 5.41) is 0.784. The summed E-state index contributed by atoms with van der Waals surface area (Å²) in [6.45, 7) is 0. The zero-order chi connectivity index (χ0) is 10.8. The molecule has 0 N–H and O–H groups in total. The molecule has 1 aliphatic carbocycles. The fraction of sp³-hybridized carbons (Fsp3) is 0.462. The Morgan fingerprint density at radius 2 is 1.94 bits per heavy atom. The van der Waals surface area contributed by atoms with Gasteiger partial charge in [-0.05, 0) is 36.9 Å². The van der Waals surface area contributed by atoms with Crippen LogP contribution < -0.4 is 0 Å². The molecule has 16 heavy (non-hydrogen) atoms. The van der Waals surface area contributed by atoms with Gasteiger partial charge in [0.15, 0.2) is 0 Å². The Labute approximate surface area is 100 Å². The summed E-state index contributed by atoms with van der Waals surface area (Å²) in [5.74, 6) is 0. The van der Waals surface area contributed by atoms with Crippen LogP contribution in [0.3, 0.4) is 0 Å². The second kappa shape index (κ2) is 4.50. The molecule has 1 aliphatic rings. The van der Waals surface area contributed by atoms with E-state index in [0.717, 1.165) is 10.8 Å². The molecule has 3 heteroatoms. The lowest BCUT2D eigenvalue weighted by Crippen LogP contribution is -2.09. The van der Waals surface area contributed by atoms with Crippen molar-refractivity contribution in [3.8, 4) is 0 Å². The first kappa shape index (κ1) is 10.2. The molecule has 0 bridgehead atoms. The van der Waals surface area contributed by atoms with Gasteiger partial charge in [0.1, 0.15) is 6.33 Å². The minimum absolute atomic E-state index is 0.784. The number of imidazole rings is 1. The Morgan fingerprint density at radius 3 is 2.81 bits per heavy atom. The summed E-state index contributed by atoms with van der Waals surface area (Å²) in [4.78, 5) is 4.43. The maximum absolute atomic E-state index is 4.43. The molecular weight excluding hydrogens is 216 g/mol. The average molecular weight is 232 g/mol. The lowest BCUT2D eigenvalue weighted by Gasteiger charge is -2.20. The average Bonchev–Trinajstić information content (AvgIpc) is 2.74. The highest BCUT2D eigenvalue weighted by atomic mass is 32.2. The normalized spacial score (nSPS) is 18.0. The number of rotatable bonds is 2. The minimum atomic E-state index is 0.784. The molecule has 0 radical (unpaired) electrons. The summed E-state index contributed by atoms with van der Waals surface area (Å²) in [6, 6.07) is 8.36. The molecule has 1 aromatic heterocycles. The number of para-hydroxylation sites is 2. The lowest BCUT2D eigenvalue weighted by atomic mass is 10.0. The van der Waals surface area contributed by atoms with Gasteiger partial charge < -0.3 is 0 Å². The maximum atomic E-state index is 4.43. The summed E-state index contributed by atoms with van der Waals surface area (Å²) in [6.07, 6.45) is 8.88. The monoisotopic (exact) mass is 232 g/mol. The Balaban J connectivity index is 1.83. The van der Waals surface area contributed by atoms with E-state index in [9.17, 15) is 0 Å². The van der Waals surface area contributed by atoms with Gasteiger partial charge >= 0.3 is 0 Å². The van der Waals surface area contributed by atoms with Crippen LogP contribution in [-0.2, 0) is 0 Å². The van der Waals surface area contributed by atoms with E-state index in [-0.39, 0.29) is 0 Å². The molecule has 3 rings (SSSR count). The molecule has 0 unspecified atom stereocenters. The van der Waals surface area contributed by atoms with Gasteiger partial charge in [-0.2, -0.15) is 0 Å². The number of hydrogen-bond donors (Lipinski definition) is 0. The zero-order valence-electron chi connectivity index (χ0n) is 9.30. The van der Waals surface area contributed by atoms with E-state index in [2.05, 4.69) is 27.2 Å². The first-order valence-corrected chi connectivity index (χ1v) is 6.86. The molecular formula is C13H16N2S. The van der Waals surface area contributed by atoms with Crippen LogP contribution in [0.4, 0.5) is 0 Å². The SMILES string of the molecule is c1ccc2c(c1)ncn2SC1CCCCC1. The van der Waals surface area contributed by atoms with Gasteiger partial charge in [0.05, 0.1) is 11.0 Å². The van der Waals surface area contributed by atoms with Crippen LogP contribution in [0.15, 0.2) is 30.6 Å². The Kier molecular flexibility index (Phi) is 2.87. The van der Waals surface area contributed by atoms with Crippen LogP contribution in [0, 0.1) is 0 Å². The van der Waals surface area contributed by atoms with Crippen molar-refractivity contribution in [2.75, 3.05) is 0 Å². The van der Waals surface area contributed by atoms with Crippen molar-refractivity contribution in [2.24, 2.45) is 0 Å². The third-order valence-electron chi connectivity index (χ3n) is 3.24. The fourth-order valence-corrected chi connectivity index (χ4v) is 3.59. The van der Waals surface area contributed by atoms with Crippen molar-refractivity contribution in [1.29, 1.82) is 0 Å². The van der Waals surface area contributed by atoms with Crippen molar-refractivity contribution in [1.82, 2.24) is 8.96 Å². The molecule has 1 heterocycles. The summed E-state index contributed by atoms with van der Waals surface area (Å²) in [7, 11) is 0. The van der Waals surface area contributed by atoms with Gasteiger partial charge in [-0.15, -0.1) is 0 Å². The molecule has 1 fully saturated rings. The van der Waals surface area contributed by atoms with Crippen molar-refractivity contribution in [3.05, 3.63) is 30.6 Å². The molecule has 84 valence electrons. The topological polar surface area (TPSA) is 17.8 Å². The van der Waals surface area contributed by atoms with Crippen LogP contribution in [0.2, 0.25) is 0 Å². The van der Waals surface area contributed by atoms with E-state index in [4.69, 9.17) is 0 Å². The molecule has 0 aliphatic heterocycles. The number of fused-ring (bicyclic) bond motifs is 1. The van der Waals surface area contributed by atoms with Gasteiger partial charge in [0.25, 0.3) is 0 Å². The van der Waals surface area contributed by atoms with Crippen LogP contribution >= 0.6 is 11.9 Å². The van der Waals surface area contributed by atoms with E-state index in [1.54, 1.807) is 0 Å². The summed E-state index contributed by atoms with van der Waals surface area (Å²) < 4.78 is 2.24. The van der Waals surface area contributed by atoms with Gasteiger partial charge in [-0.1, -0.05) is 31.4 Å². The fourth-order valence-electron chi connectivity index (χ4n) is 2.35. The summed E-state index contributed by atoms with van der Waals surface area (Å²) >= 11 is 1.95. The number of hydrogen-bond acceptors (Lipinski definition) is 2. The predicted molar refractivity (Wildman–Crippen MR) is 69.6 cm³/mol. The molecule has 0 spiro atoms.